The highest BCUT2D eigenvalue weighted by Gasteiger charge is 2.26. The minimum atomic E-state index is -0.654. The molecular weight excluding hydrogens is 234 g/mol. The van der Waals surface area contributed by atoms with Gasteiger partial charge in [-0.1, -0.05) is 0 Å². The summed E-state index contributed by atoms with van der Waals surface area (Å²) >= 11 is 0. The minimum absolute atomic E-state index is 0.0579. The largest absolute Gasteiger partial charge is 0.381 e. The number of carbonyl (C=O) groups excluding carboxylic acids is 2. The first-order chi connectivity index (χ1) is 8.61. The lowest BCUT2D eigenvalue weighted by atomic mass is 9.88. The molecule has 18 heavy (non-hydrogen) atoms. The van der Waals surface area contributed by atoms with Gasteiger partial charge in [0.25, 0.3) is 5.91 Å². The van der Waals surface area contributed by atoms with Crippen LogP contribution < -0.4 is 11.5 Å². The Morgan fingerprint density at radius 3 is 2.67 bits per heavy atom. The third-order valence-electron chi connectivity index (χ3n) is 3.06. The minimum Gasteiger partial charge on any atom is -0.381 e. The van der Waals surface area contributed by atoms with Crippen LogP contribution in [0.3, 0.4) is 0 Å². The number of aromatic nitrogens is 1. The second-order valence-electron chi connectivity index (χ2n) is 4.26. The number of primary amides is 2. The van der Waals surface area contributed by atoms with Crippen molar-refractivity contribution in [2.24, 2.45) is 11.5 Å². The predicted molar refractivity (Wildman–Crippen MR) is 64.1 cm³/mol. The summed E-state index contributed by atoms with van der Waals surface area (Å²) in [6.07, 6.45) is 3.07. The van der Waals surface area contributed by atoms with Crippen molar-refractivity contribution in [3.8, 4) is 0 Å². The smallest absolute Gasteiger partial charge is 0.267 e. The molecule has 0 aliphatic carbocycles. The van der Waals surface area contributed by atoms with Crippen LogP contribution >= 0.6 is 0 Å². The fourth-order valence-corrected chi connectivity index (χ4v) is 2.27. The molecular formula is C12H15N3O3. The summed E-state index contributed by atoms with van der Waals surface area (Å²) < 4.78 is 5.37. The van der Waals surface area contributed by atoms with Crippen molar-refractivity contribution in [2.75, 3.05) is 13.2 Å². The zero-order valence-corrected chi connectivity index (χ0v) is 9.89. The van der Waals surface area contributed by atoms with Gasteiger partial charge in [-0.2, -0.15) is 0 Å². The standard InChI is InChI=1S/C12H15N3O3/c13-11(16)8-3-4-15-10(12(14)17)9(8)7-2-1-5-18-6-7/h3-4,7H,1-2,5-6H2,(H2,13,16)(H2,14,17). The molecule has 2 rings (SSSR count). The van der Waals surface area contributed by atoms with Gasteiger partial charge in [-0.15, -0.1) is 0 Å². The summed E-state index contributed by atoms with van der Waals surface area (Å²) in [5.74, 6) is -1.29. The van der Waals surface area contributed by atoms with Crippen LogP contribution in [0.5, 0.6) is 0 Å². The average molecular weight is 249 g/mol. The third kappa shape index (κ3) is 2.33. The highest BCUT2D eigenvalue weighted by atomic mass is 16.5. The highest BCUT2D eigenvalue weighted by Crippen LogP contribution is 2.29. The average Bonchev–Trinajstić information content (AvgIpc) is 2.38. The molecule has 1 aromatic heterocycles. The Hall–Kier alpha value is -1.95. The number of nitrogens with two attached hydrogens (primary N) is 2. The van der Waals surface area contributed by atoms with Gasteiger partial charge in [0.1, 0.15) is 5.69 Å². The van der Waals surface area contributed by atoms with E-state index in [0.717, 1.165) is 12.8 Å². The molecule has 0 spiro atoms. The number of nitrogens with zero attached hydrogens (tertiary/aromatic N) is 1. The Bertz CT molecular complexity index is 449. The molecule has 0 radical (unpaired) electrons. The first-order valence-electron chi connectivity index (χ1n) is 5.77. The van der Waals surface area contributed by atoms with Crippen molar-refractivity contribution < 1.29 is 14.3 Å². The van der Waals surface area contributed by atoms with E-state index in [0.29, 0.717) is 24.3 Å². The lowest BCUT2D eigenvalue weighted by Crippen LogP contribution is -2.26. The summed E-state index contributed by atoms with van der Waals surface area (Å²) in [6, 6.07) is 1.51. The van der Waals surface area contributed by atoms with Gasteiger partial charge in [-0.25, -0.2) is 0 Å². The van der Waals surface area contributed by atoms with E-state index < -0.39 is 11.8 Å². The van der Waals surface area contributed by atoms with E-state index in [2.05, 4.69) is 4.98 Å². The van der Waals surface area contributed by atoms with E-state index in [1.165, 1.54) is 12.3 Å². The van der Waals surface area contributed by atoms with Gasteiger partial charge in [0.15, 0.2) is 0 Å². The number of amides is 2. The van der Waals surface area contributed by atoms with E-state index >= 15 is 0 Å². The molecule has 1 saturated heterocycles. The highest BCUT2D eigenvalue weighted by molar-refractivity contribution is 6.00. The molecule has 6 heteroatoms. The maximum atomic E-state index is 11.4. The molecule has 2 heterocycles. The number of hydrogen-bond acceptors (Lipinski definition) is 4. The molecule has 96 valence electrons. The fraction of sp³-hybridized carbons (Fsp3) is 0.417. The monoisotopic (exact) mass is 249 g/mol. The van der Waals surface area contributed by atoms with E-state index in [1.807, 2.05) is 0 Å². The van der Waals surface area contributed by atoms with Crippen molar-refractivity contribution in [1.82, 2.24) is 4.98 Å². The van der Waals surface area contributed by atoms with Crippen LogP contribution in [0.15, 0.2) is 12.3 Å². The van der Waals surface area contributed by atoms with Crippen LogP contribution in [0, 0.1) is 0 Å². The lowest BCUT2D eigenvalue weighted by molar-refractivity contribution is 0.0789. The second-order valence-corrected chi connectivity index (χ2v) is 4.26. The zero-order valence-electron chi connectivity index (χ0n) is 9.89. The van der Waals surface area contributed by atoms with E-state index in [9.17, 15) is 9.59 Å². The number of pyridine rings is 1. The molecule has 2 amide bonds. The Kier molecular flexibility index (Phi) is 3.57. The van der Waals surface area contributed by atoms with Crippen molar-refractivity contribution >= 4 is 11.8 Å². The van der Waals surface area contributed by atoms with E-state index in [-0.39, 0.29) is 11.6 Å². The molecule has 0 aromatic carbocycles. The SMILES string of the molecule is NC(=O)c1ccnc(C(N)=O)c1C1CCCOC1. The summed E-state index contributed by atoms with van der Waals surface area (Å²) in [7, 11) is 0. The van der Waals surface area contributed by atoms with Gasteiger partial charge in [0, 0.05) is 29.8 Å². The van der Waals surface area contributed by atoms with Crippen LogP contribution in [0.25, 0.3) is 0 Å². The summed E-state index contributed by atoms with van der Waals surface area (Å²) in [5.41, 5.74) is 11.6. The Morgan fingerprint density at radius 2 is 2.11 bits per heavy atom. The van der Waals surface area contributed by atoms with Gasteiger partial charge < -0.3 is 16.2 Å². The lowest BCUT2D eigenvalue weighted by Gasteiger charge is -2.24. The molecule has 6 nitrogen and oxygen atoms in total. The second kappa shape index (κ2) is 5.14. The molecule has 1 aromatic rings. The molecule has 1 unspecified atom stereocenters. The summed E-state index contributed by atoms with van der Waals surface area (Å²) in [6.45, 7) is 1.14. The topological polar surface area (TPSA) is 108 Å². The van der Waals surface area contributed by atoms with Crippen LogP contribution in [-0.2, 0) is 4.74 Å². The van der Waals surface area contributed by atoms with E-state index in [4.69, 9.17) is 16.2 Å². The maximum absolute atomic E-state index is 11.4. The normalized spacial score (nSPS) is 19.4. The Balaban J connectivity index is 2.52. The number of carbonyl (C=O) groups is 2. The molecule has 1 aliphatic rings. The number of ether oxygens (including phenoxy) is 1. The van der Waals surface area contributed by atoms with Gasteiger partial charge in [-0.3, -0.25) is 14.6 Å². The van der Waals surface area contributed by atoms with Gasteiger partial charge in [0.05, 0.1) is 6.61 Å². The molecule has 1 atom stereocenters. The van der Waals surface area contributed by atoms with Crippen LogP contribution in [-0.4, -0.2) is 30.0 Å². The molecule has 4 N–H and O–H groups in total. The Morgan fingerprint density at radius 1 is 1.33 bits per heavy atom. The van der Waals surface area contributed by atoms with Crippen molar-refractivity contribution in [2.45, 2.75) is 18.8 Å². The van der Waals surface area contributed by atoms with E-state index in [1.54, 1.807) is 0 Å². The van der Waals surface area contributed by atoms with Crippen LogP contribution in [0.1, 0.15) is 45.2 Å². The zero-order chi connectivity index (χ0) is 13.1. The number of hydrogen-bond donors (Lipinski definition) is 2. The van der Waals surface area contributed by atoms with Crippen molar-refractivity contribution in [1.29, 1.82) is 0 Å². The molecule has 0 bridgehead atoms. The quantitative estimate of drug-likeness (QED) is 0.796. The molecule has 1 fully saturated rings. The predicted octanol–water partition coefficient (Wildman–Crippen LogP) is 0.173. The van der Waals surface area contributed by atoms with Crippen molar-refractivity contribution in [3.63, 3.8) is 0 Å². The summed E-state index contributed by atoms with van der Waals surface area (Å²) in [5, 5.41) is 0. The Labute approximate surface area is 104 Å². The van der Waals surface area contributed by atoms with Gasteiger partial charge in [0.2, 0.25) is 5.91 Å². The van der Waals surface area contributed by atoms with Crippen molar-refractivity contribution in [3.05, 3.63) is 29.1 Å². The third-order valence-corrected chi connectivity index (χ3v) is 3.06. The van der Waals surface area contributed by atoms with Crippen LogP contribution in [0.4, 0.5) is 0 Å². The summed E-state index contributed by atoms with van der Waals surface area (Å²) in [4.78, 5) is 26.8. The first kappa shape index (κ1) is 12.5. The fourth-order valence-electron chi connectivity index (χ4n) is 2.27. The van der Waals surface area contributed by atoms with Gasteiger partial charge in [-0.05, 0) is 18.9 Å². The van der Waals surface area contributed by atoms with Crippen LogP contribution in [0.2, 0.25) is 0 Å². The molecule has 0 saturated carbocycles. The maximum Gasteiger partial charge on any atom is 0.267 e. The van der Waals surface area contributed by atoms with Gasteiger partial charge >= 0.3 is 0 Å². The molecule has 1 aliphatic heterocycles. The number of rotatable bonds is 3. The first-order valence-corrected chi connectivity index (χ1v) is 5.77.